The zero-order chi connectivity index (χ0) is 17.8. The number of aryl methyl sites for hydroxylation is 1. The van der Waals surface area contributed by atoms with Gasteiger partial charge in [-0.3, -0.25) is 14.6 Å². The van der Waals surface area contributed by atoms with Crippen molar-refractivity contribution in [2.45, 2.75) is 13.5 Å². The molecule has 0 bridgehead atoms. The molecule has 0 atom stereocenters. The van der Waals surface area contributed by atoms with Gasteiger partial charge in [0.15, 0.2) is 0 Å². The fraction of sp³-hybridized carbons (Fsp3) is 0.111. The van der Waals surface area contributed by atoms with Crippen LogP contribution in [0.25, 0.3) is 11.3 Å². The van der Waals surface area contributed by atoms with Gasteiger partial charge >= 0.3 is 0 Å². The van der Waals surface area contributed by atoms with Gasteiger partial charge in [0.1, 0.15) is 6.54 Å². The molecular formula is C18H15ClN4O2. The number of aromatic nitrogens is 3. The van der Waals surface area contributed by atoms with E-state index in [1.165, 1.54) is 6.07 Å². The van der Waals surface area contributed by atoms with Gasteiger partial charge in [-0.1, -0.05) is 17.7 Å². The summed E-state index contributed by atoms with van der Waals surface area (Å²) in [5.41, 5.74) is 2.54. The summed E-state index contributed by atoms with van der Waals surface area (Å²) < 4.78 is 1.13. The van der Waals surface area contributed by atoms with Crippen molar-refractivity contribution in [1.82, 2.24) is 14.8 Å². The zero-order valence-electron chi connectivity index (χ0n) is 13.4. The molecule has 126 valence electrons. The summed E-state index contributed by atoms with van der Waals surface area (Å²) in [7, 11) is 0. The maximum atomic E-state index is 12.3. The number of rotatable bonds is 4. The molecule has 3 aromatic rings. The van der Waals surface area contributed by atoms with Crippen molar-refractivity contribution in [3.63, 3.8) is 0 Å². The number of benzene rings is 1. The third kappa shape index (κ3) is 4.10. The van der Waals surface area contributed by atoms with Crippen molar-refractivity contribution < 1.29 is 4.79 Å². The number of carbonyl (C=O) groups excluding carboxylic acids is 1. The molecule has 1 aromatic carbocycles. The fourth-order valence-corrected chi connectivity index (χ4v) is 2.47. The maximum absolute atomic E-state index is 12.3. The van der Waals surface area contributed by atoms with E-state index in [1.54, 1.807) is 42.7 Å². The highest BCUT2D eigenvalue weighted by Crippen LogP contribution is 2.20. The largest absolute Gasteiger partial charge is 0.324 e. The molecule has 0 saturated heterocycles. The molecule has 0 aliphatic rings. The predicted molar refractivity (Wildman–Crippen MR) is 96.5 cm³/mol. The van der Waals surface area contributed by atoms with Gasteiger partial charge in [-0.15, -0.1) is 0 Å². The molecule has 2 heterocycles. The zero-order valence-corrected chi connectivity index (χ0v) is 14.2. The molecule has 2 aromatic heterocycles. The average molecular weight is 355 g/mol. The Kier molecular flexibility index (Phi) is 4.90. The molecular weight excluding hydrogens is 340 g/mol. The van der Waals surface area contributed by atoms with Gasteiger partial charge in [0.25, 0.3) is 5.56 Å². The van der Waals surface area contributed by atoms with E-state index < -0.39 is 0 Å². The van der Waals surface area contributed by atoms with Gasteiger partial charge in [0, 0.05) is 34.7 Å². The highest BCUT2D eigenvalue weighted by molar-refractivity contribution is 6.31. The van der Waals surface area contributed by atoms with Crippen molar-refractivity contribution in [2.75, 3.05) is 5.32 Å². The van der Waals surface area contributed by atoms with Crippen LogP contribution in [0.5, 0.6) is 0 Å². The highest BCUT2D eigenvalue weighted by atomic mass is 35.5. The van der Waals surface area contributed by atoms with Crippen molar-refractivity contribution in [3.8, 4) is 11.3 Å². The lowest BCUT2D eigenvalue weighted by Gasteiger charge is -2.10. The molecule has 7 heteroatoms. The molecule has 1 amide bonds. The van der Waals surface area contributed by atoms with Gasteiger partial charge in [0.05, 0.1) is 5.69 Å². The number of halogens is 1. The van der Waals surface area contributed by atoms with E-state index >= 15 is 0 Å². The van der Waals surface area contributed by atoms with E-state index in [2.05, 4.69) is 15.4 Å². The van der Waals surface area contributed by atoms with Crippen molar-refractivity contribution in [2.24, 2.45) is 0 Å². The second-order valence-electron chi connectivity index (χ2n) is 5.46. The molecule has 0 unspecified atom stereocenters. The summed E-state index contributed by atoms with van der Waals surface area (Å²) in [6.45, 7) is 1.67. The first-order chi connectivity index (χ1) is 12.0. The number of pyridine rings is 1. The number of anilines is 1. The fourth-order valence-electron chi connectivity index (χ4n) is 2.29. The lowest BCUT2D eigenvalue weighted by Crippen LogP contribution is -2.29. The second kappa shape index (κ2) is 7.27. The number of nitrogens with zero attached hydrogens (tertiary/aromatic N) is 3. The molecule has 25 heavy (non-hydrogen) atoms. The third-order valence-electron chi connectivity index (χ3n) is 3.61. The maximum Gasteiger partial charge on any atom is 0.267 e. The summed E-state index contributed by atoms with van der Waals surface area (Å²) in [5.74, 6) is -0.355. The Morgan fingerprint density at radius 2 is 1.92 bits per heavy atom. The number of carbonyl (C=O) groups is 1. The van der Waals surface area contributed by atoms with Gasteiger partial charge in [-0.2, -0.15) is 5.10 Å². The minimum atomic E-state index is -0.355. The predicted octanol–water partition coefficient (Wildman–Crippen LogP) is 2.91. The Bertz CT molecular complexity index is 970. The van der Waals surface area contributed by atoms with Gasteiger partial charge in [0.2, 0.25) is 5.91 Å². The van der Waals surface area contributed by atoms with Crippen LogP contribution in [-0.4, -0.2) is 20.7 Å². The molecule has 0 saturated carbocycles. The van der Waals surface area contributed by atoms with Gasteiger partial charge in [-0.25, -0.2) is 4.68 Å². The summed E-state index contributed by atoms with van der Waals surface area (Å²) >= 11 is 5.95. The smallest absolute Gasteiger partial charge is 0.267 e. The van der Waals surface area contributed by atoms with Crippen LogP contribution < -0.4 is 10.9 Å². The first-order valence-electron chi connectivity index (χ1n) is 7.57. The van der Waals surface area contributed by atoms with Crippen LogP contribution in [-0.2, 0) is 11.3 Å². The van der Waals surface area contributed by atoms with E-state index in [0.717, 1.165) is 15.8 Å². The number of hydrogen-bond donors (Lipinski definition) is 1. The van der Waals surface area contributed by atoms with Gasteiger partial charge in [-0.05, 0) is 42.8 Å². The molecule has 0 spiro atoms. The van der Waals surface area contributed by atoms with Crippen LogP contribution in [0.4, 0.5) is 5.69 Å². The molecule has 0 aliphatic carbocycles. The second-order valence-corrected chi connectivity index (χ2v) is 5.89. The summed E-state index contributed by atoms with van der Waals surface area (Å²) in [4.78, 5) is 28.2. The SMILES string of the molecule is Cc1ccc(Cl)cc1NC(=O)Cn1nc(-c2ccncc2)ccc1=O. The first-order valence-corrected chi connectivity index (χ1v) is 7.95. The van der Waals surface area contributed by atoms with E-state index in [4.69, 9.17) is 11.6 Å². The van der Waals surface area contributed by atoms with Crippen LogP contribution in [0.15, 0.2) is 59.7 Å². The van der Waals surface area contributed by atoms with Crippen molar-refractivity contribution in [3.05, 3.63) is 75.8 Å². The Labute approximate surface area is 149 Å². The Hall–Kier alpha value is -2.99. The first kappa shape index (κ1) is 16.9. The van der Waals surface area contributed by atoms with E-state index in [0.29, 0.717) is 16.4 Å². The molecule has 0 aliphatic heterocycles. The highest BCUT2D eigenvalue weighted by Gasteiger charge is 2.10. The summed E-state index contributed by atoms with van der Waals surface area (Å²) in [6, 6.07) is 11.8. The number of nitrogens with one attached hydrogen (secondary N) is 1. The van der Waals surface area contributed by atoms with Crippen LogP contribution in [0, 0.1) is 6.92 Å². The van der Waals surface area contributed by atoms with Crippen LogP contribution in [0.2, 0.25) is 5.02 Å². The Morgan fingerprint density at radius 3 is 2.68 bits per heavy atom. The Balaban J connectivity index is 1.81. The topological polar surface area (TPSA) is 76.9 Å². The molecule has 6 nitrogen and oxygen atoms in total. The van der Waals surface area contributed by atoms with Crippen LogP contribution in [0.3, 0.4) is 0 Å². The average Bonchev–Trinajstić information content (AvgIpc) is 2.61. The normalized spacial score (nSPS) is 10.5. The van der Waals surface area contributed by atoms with Crippen molar-refractivity contribution in [1.29, 1.82) is 0 Å². The molecule has 0 radical (unpaired) electrons. The minimum absolute atomic E-state index is 0.191. The monoisotopic (exact) mass is 354 g/mol. The number of amides is 1. The lowest BCUT2D eigenvalue weighted by atomic mass is 10.2. The molecule has 1 N–H and O–H groups in total. The minimum Gasteiger partial charge on any atom is -0.324 e. The standard InChI is InChI=1S/C18H15ClN4O2/c1-12-2-3-14(19)10-16(12)21-17(24)11-23-18(25)5-4-15(22-23)13-6-8-20-9-7-13/h2-10H,11H2,1H3,(H,21,24). The van der Waals surface area contributed by atoms with Crippen molar-refractivity contribution >= 4 is 23.2 Å². The lowest BCUT2D eigenvalue weighted by molar-refractivity contribution is -0.117. The van der Waals surface area contributed by atoms with E-state index in [9.17, 15) is 9.59 Å². The number of hydrogen-bond acceptors (Lipinski definition) is 4. The summed E-state index contributed by atoms with van der Waals surface area (Å²) in [5, 5.41) is 7.53. The van der Waals surface area contributed by atoms with Crippen LogP contribution in [0.1, 0.15) is 5.56 Å². The van der Waals surface area contributed by atoms with Crippen LogP contribution >= 0.6 is 11.6 Å². The van der Waals surface area contributed by atoms with E-state index in [-0.39, 0.29) is 18.0 Å². The molecule has 0 fully saturated rings. The molecule has 3 rings (SSSR count). The van der Waals surface area contributed by atoms with Gasteiger partial charge < -0.3 is 5.32 Å². The third-order valence-corrected chi connectivity index (χ3v) is 3.84. The quantitative estimate of drug-likeness (QED) is 0.781. The Morgan fingerprint density at radius 1 is 1.16 bits per heavy atom. The van der Waals surface area contributed by atoms with E-state index in [1.807, 2.05) is 13.0 Å². The summed E-state index contributed by atoms with van der Waals surface area (Å²) in [6.07, 6.45) is 3.28.